The van der Waals surface area contributed by atoms with Crippen LogP contribution in [-0.4, -0.2) is 16.7 Å². The fourth-order valence-corrected chi connectivity index (χ4v) is 5.10. The average molecular weight is 401 g/mol. The van der Waals surface area contributed by atoms with Crippen LogP contribution in [0.4, 0.5) is 0 Å². The summed E-state index contributed by atoms with van der Waals surface area (Å²) in [6.07, 6.45) is 3.84. The maximum absolute atomic E-state index is 13.8. The van der Waals surface area contributed by atoms with Crippen LogP contribution >= 0.6 is 0 Å². The first kappa shape index (κ1) is 18.9. The number of ketones is 1. The van der Waals surface area contributed by atoms with Crippen LogP contribution in [0.5, 0.6) is 0 Å². The molecule has 5 rings (SSSR count). The van der Waals surface area contributed by atoms with E-state index in [4.69, 9.17) is 0 Å². The molecule has 0 amide bonds. The average Bonchev–Trinajstić information content (AvgIpc) is 3.15. The summed E-state index contributed by atoms with van der Waals surface area (Å²) in [4.78, 5) is 15.8. The fourth-order valence-electron chi connectivity index (χ4n) is 5.10. The molecule has 2 aliphatic rings. The third-order valence-electron chi connectivity index (χ3n) is 6.43. The number of Topliss-reactive ketones (excluding diaryl/α,β-unsaturated/α-hetero) is 1. The first-order valence-corrected chi connectivity index (χ1v) is 10.2. The Morgan fingerprint density at radius 1 is 0.839 bits per heavy atom. The fraction of sp³-hybridized carbons (Fsp3) is 0.148. The van der Waals surface area contributed by atoms with Crippen molar-refractivity contribution >= 4 is 11.9 Å². The van der Waals surface area contributed by atoms with Crippen molar-refractivity contribution in [1.29, 1.82) is 10.5 Å². The Hall–Kier alpha value is -4.15. The number of benzene rings is 3. The summed E-state index contributed by atoms with van der Waals surface area (Å²) >= 11 is 0. The highest BCUT2D eigenvalue weighted by atomic mass is 16.1. The van der Waals surface area contributed by atoms with Crippen molar-refractivity contribution in [1.82, 2.24) is 4.90 Å². The van der Waals surface area contributed by atoms with E-state index in [1.807, 2.05) is 90.0 Å². The summed E-state index contributed by atoms with van der Waals surface area (Å²) in [5, 5.41) is 20.9. The van der Waals surface area contributed by atoms with E-state index in [0.717, 1.165) is 16.7 Å². The van der Waals surface area contributed by atoms with Gasteiger partial charge in [-0.2, -0.15) is 10.5 Å². The second kappa shape index (κ2) is 7.27. The summed E-state index contributed by atoms with van der Waals surface area (Å²) in [6, 6.07) is 29.9. The van der Waals surface area contributed by atoms with Crippen molar-refractivity contribution in [3.63, 3.8) is 0 Å². The highest BCUT2D eigenvalue weighted by Crippen LogP contribution is 2.59. The van der Waals surface area contributed by atoms with E-state index in [1.54, 1.807) is 12.1 Å². The van der Waals surface area contributed by atoms with Crippen LogP contribution in [0, 0.1) is 28.1 Å². The highest BCUT2D eigenvalue weighted by Gasteiger charge is 2.63. The Morgan fingerprint density at radius 3 is 2.13 bits per heavy atom. The summed E-state index contributed by atoms with van der Waals surface area (Å²) in [6.45, 7) is 0. The van der Waals surface area contributed by atoms with E-state index in [0.29, 0.717) is 5.56 Å². The van der Waals surface area contributed by atoms with E-state index < -0.39 is 23.4 Å². The van der Waals surface area contributed by atoms with Crippen molar-refractivity contribution in [2.45, 2.75) is 18.0 Å². The van der Waals surface area contributed by atoms with E-state index in [1.165, 1.54) is 0 Å². The van der Waals surface area contributed by atoms with E-state index in [9.17, 15) is 15.3 Å². The molecule has 3 aromatic rings. The lowest BCUT2D eigenvalue weighted by atomic mass is 9.67. The minimum absolute atomic E-state index is 0.0872. The van der Waals surface area contributed by atoms with Gasteiger partial charge in [0.15, 0.2) is 11.2 Å². The second-order valence-corrected chi connectivity index (χ2v) is 7.95. The van der Waals surface area contributed by atoms with Crippen LogP contribution in [-0.2, 0) is 0 Å². The smallest absolute Gasteiger partial charge is 0.185 e. The molecule has 1 saturated heterocycles. The van der Waals surface area contributed by atoms with Crippen LogP contribution in [0.2, 0.25) is 0 Å². The lowest BCUT2D eigenvalue weighted by Crippen LogP contribution is -2.37. The summed E-state index contributed by atoms with van der Waals surface area (Å²) in [7, 11) is 0. The van der Waals surface area contributed by atoms with Gasteiger partial charge in [-0.3, -0.25) is 4.79 Å². The molecule has 0 bridgehead atoms. The molecule has 3 atom stereocenters. The lowest BCUT2D eigenvalue weighted by molar-refractivity contribution is 0.0874. The zero-order chi connectivity index (χ0) is 21.4. The number of rotatable bonds is 3. The van der Waals surface area contributed by atoms with Gasteiger partial charge in [0.1, 0.15) is 6.04 Å². The number of fused-ring (bicyclic) bond motifs is 3. The minimum Gasteiger partial charge on any atom is -0.357 e. The van der Waals surface area contributed by atoms with Crippen LogP contribution < -0.4 is 0 Å². The Kier molecular flexibility index (Phi) is 4.42. The number of nitrogens with zero attached hydrogens (tertiary/aromatic N) is 3. The first-order chi connectivity index (χ1) is 15.2. The zero-order valence-corrected chi connectivity index (χ0v) is 16.7. The van der Waals surface area contributed by atoms with Crippen LogP contribution in [0.3, 0.4) is 0 Å². The molecule has 2 aliphatic heterocycles. The molecule has 0 saturated carbocycles. The number of hydrogen-bond acceptors (Lipinski definition) is 4. The highest BCUT2D eigenvalue weighted by molar-refractivity contribution is 6.01. The van der Waals surface area contributed by atoms with Gasteiger partial charge >= 0.3 is 0 Å². The number of carbonyl (C=O) groups is 1. The molecule has 2 heterocycles. The molecule has 148 valence electrons. The standard InChI is InChI=1S/C27H19N3O/c28-17-27(18-29)23(20-10-3-1-4-11-20)24(25(31)21-12-5-2-6-13-21)30-16-15-19-9-7-8-14-22(19)26(27)30/h1-16,23-24,26H/t23?,24?,26-/m1/s1. The number of hydrogen-bond donors (Lipinski definition) is 0. The third-order valence-corrected chi connectivity index (χ3v) is 6.43. The Morgan fingerprint density at radius 2 is 1.45 bits per heavy atom. The quantitative estimate of drug-likeness (QED) is 0.573. The predicted octanol–water partition coefficient (Wildman–Crippen LogP) is 5.10. The number of nitriles is 2. The SMILES string of the molecule is N#CC1(C#N)C(c2ccccc2)C(C(=O)c2ccccc2)N2C=Cc3ccccc3[C@@H]21. The van der Waals surface area contributed by atoms with Gasteiger partial charge in [0.2, 0.25) is 0 Å². The first-order valence-electron chi connectivity index (χ1n) is 10.2. The van der Waals surface area contributed by atoms with E-state index >= 15 is 0 Å². The van der Waals surface area contributed by atoms with Crippen LogP contribution in [0.1, 0.15) is 39.0 Å². The molecule has 0 aromatic heterocycles. The summed E-state index contributed by atoms with van der Waals surface area (Å²) < 4.78 is 0. The van der Waals surface area contributed by atoms with Crippen LogP contribution in [0.15, 0.2) is 91.1 Å². The van der Waals surface area contributed by atoms with Crippen LogP contribution in [0.25, 0.3) is 6.08 Å². The lowest BCUT2D eigenvalue weighted by Gasteiger charge is -2.34. The molecule has 0 N–H and O–H groups in total. The molecule has 0 aliphatic carbocycles. The molecular weight excluding hydrogens is 382 g/mol. The largest absolute Gasteiger partial charge is 0.357 e. The van der Waals surface area contributed by atoms with Crippen molar-refractivity contribution < 1.29 is 4.79 Å². The Bertz CT molecular complexity index is 1240. The van der Waals surface area contributed by atoms with E-state index in [2.05, 4.69) is 12.1 Å². The third kappa shape index (κ3) is 2.70. The van der Waals surface area contributed by atoms with Gasteiger partial charge in [0, 0.05) is 17.7 Å². The van der Waals surface area contributed by atoms with Crippen molar-refractivity contribution in [3.8, 4) is 12.1 Å². The maximum atomic E-state index is 13.8. The molecule has 4 nitrogen and oxygen atoms in total. The molecule has 0 radical (unpaired) electrons. The number of carbonyl (C=O) groups excluding carboxylic acids is 1. The van der Waals surface area contributed by atoms with Crippen molar-refractivity contribution in [2.24, 2.45) is 5.41 Å². The second-order valence-electron chi connectivity index (χ2n) is 7.95. The molecule has 31 heavy (non-hydrogen) atoms. The minimum atomic E-state index is -1.42. The maximum Gasteiger partial charge on any atom is 0.185 e. The predicted molar refractivity (Wildman–Crippen MR) is 117 cm³/mol. The summed E-state index contributed by atoms with van der Waals surface area (Å²) in [5.74, 6) is -0.687. The van der Waals surface area contributed by atoms with Gasteiger partial charge in [-0.1, -0.05) is 84.9 Å². The zero-order valence-electron chi connectivity index (χ0n) is 16.7. The van der Waals surface area contributed by atoms with E-state index in [-0.39, 0.29) is 5.78 Å². The Balaban J connectivity index is 1.78. The van der Waals surface area contributed by atoms with Gasteiger partial charge in [0.25, 0.3) is 0 Å². The van der Waals surface area contributed by atoms with Crippen molar-refractivity contribution in [2.75, 3.05) is 0 Å². The molecule has 2 unspecified atom stereocenters. The monoisotopic (exact) mass is 401 g/mol. The molecule has 4 heteroatoms. The molecule has 0 spiro atoms. The summed E-state index contributed by atoms with van der Waals surface area (Å²) in [5.41, 5.74) is 1.85. The van der Waals surface area contributed by atoms with Gasteiger partial charge in [0.05, 0.1) is 18.2 Å². The Labute approximate surface area is 181 Å². The molecule has 1 fully saturated rings. The van der Waals surface area contributed by atoms with Crippen molar-refractivity contribution in [3.05, 3.63) is 113 Å². The van der Waals surface area contributed by atoms with Gasteiger partial charge < -0.3 is 4.90 Å². The van der Waals surface area contributed by atoms with Gasteiger partial charge in [-0.05, 0) is 22.8 Å². The molecule has 3 aromatic carbocycles. The normalized spacial score (nSPS) is 22.6. The molecular formula is C27H19N3O. The van der Waals surface area contributed by atoms with Gasteiger partial charge in [-0.25, -0.2) is 0 Å². The topological polar surface area (TPSA) is 67.9 Å². The van der Waals surface area contributed by atoms with Gasteiger partial charge in [-0.15, -0.1) is 0 Å².